The number of benzene rings is 1. The van der Waals surface area contributed by atoms with E-state index in [0.717, 1.165) is 25.0 Å². The van der Waals surface area contributed by atoms with E-state index in [2.05, 4.69) is 46.9 Å². The molecule has 1 atom stereocenters. The van der Waals surface area contributed by atoms with Gasteiger partial charge in [0.1, 0.15) is 0 Å². The molecule has 4 heteroatoms. The highest BCUT2D eigenvalue weighted by Crippen LogP contribution is 2.33. The maximum atomic E-state index is 6.13. The lowest BCUT2D eigenvalue weighted by atomic mass is 10.1. The molecule has 3 aromatic rings. The van der Waals surface area contributed by atoms with E-state index in [1.807, 2.05) is 30.7 Å². The fourth-order valence-corrected chi connectivity index (χ4v) is 3.64. The van der Waals surface area contributed by atoms with Crippen molar-refractivity contribution < 1.29 is 4.74 Å². The van der Waals surface area contributed by atoms with Crippen LogP contribution in [0.15, 0.2) is 48.9 Å². The Balaban J connectivity index is 1.53. The molecule has 0 amide bonds. The summed E-state index contributed by atoms with van der Waals surface area (Å²) in [5, 5.41) is 1.25. The molecule has 0 N–H and O–H groups in total. The summed E-state index contributed by atoms with van der Waals surface area (Å²) < 4.78 is 6.13. The number of aryl methyl sites for hydroxylation is 2. The molecular formula is C21H23N3O. The Hall–Kier alpha value is -2.46. The maximum absolute atomic E-state index is 6.13. The fourth-order valence-electron chi connectivity index (χ4n) is 3.64. The zero-order valence-corrected chi connectivity index (χ0v) is 14.8. The first kappa shape index (κ1) is 16.0. The van der Waals surface area contributed by atoms with Crippen molar-refractivity contribution in [3.63, 3.8) is 0 Å². The van der Waals surface area contributed by atoms with Crippen molar-refractivity contribution in [3.05, 3.63) is 65.6 Å². The molecule has 1 aromatic carbocycles. The van der Waals surface area contributed by atoms with Crippen LogP contribution in [0.1, 0.15) is 23.1 Å². The Kier molecular flexibility index (Phi) is 4.36. The van der Waals surface area contributed by atoms with Crippen LogP contribution < -0.4 is 4.90 Å². The third-order valence-electron chi connectivity index (χ3n) is 4.95. The zero-order chi connectivity index (χ0) is 17.2. The normalized spacial score (nSPS) is 17.4. The van der Waals surface area contributed by atoms with Crippen LogP contribution in [0, 0.1) is 13.8 Å². The van der Waals surface area contributed by atoms with Gasteiger partial charge in [-0.05, 0) is 49.1 Å². The lowest BCUT2D eigenvalue weighted by Crippen LogP contribution is -2.24. The minimum atomic E-state index is 0.264. The van der Waals surface area contributed by atoms with Gasteiger partial charge in [-0.1, -0.05) is 18.2 Å². The largest absolute Gasteiger partial charge is 0.372 e. The Morgan fingerprint density at radius 3 is 2.80 bits per heavy atom. The van der Waals surface area contributed by atoms with Crippen molar-refractivity contribution in [3.8, 4) is 0 Å². The SMILES string of the molecule is Cc1cnc2c(C)cccc2c1N1CCC(OCc2ccncc2)C1. The number of hydrogen-bond donors (Lipinski definition) is 0. The molecule has 3 heterocycles. The molecule has 1 unspecified atom stereocenters. The lowest BCUT2D eigenvalue weighted by Gasteiger charge is -2.23. The van der Waals surface area contributed by atoms with Crippen molar-refractivity contribution in [2.45, 2.75) is 33.0 Å². The van der Waals surface area contributed by atoms with E-state index in [-0.39, 0.29) is 6.10 Å². The van der Waals surface area contributed by atoms with Crippen LogP contribution >= 0.6 is 0 Å². The van der Waals surface area contributed by atoms with Crippen LogP contribution in [0.4, 0.5) is 5.69 Å². The van der Waals surface area contributed by atoms with Crippen LogP contribution in [0.25, 0.3) is 10.9 Å². The van der Waals surface area contributed by atoms with Crippen molar-refractivity contribution in [1.82, 2.24) is 9.97 Å². The quantitative estimate of drug-likeness (QED) is 0.722. The molecule has 0 saturated carbocycles. The molecule has 0 spiro atoms. The molecule has 2 aromatic heterocycles. The van der Waals surface area contributed by atoms with E-state index in [4.69, 9.17) is 4.74 Å². The summed E-state index contributed by atoms with van der Waals surface area (Å²) in [4.78, 5) is 11.2. The summed E-state index contributed by atoms with van der Waals surface area (Å²) in [6.45, 7) is 6.87. The number of nitrogens with zero attached hydrogens (tertiary/aromatic N) is 3. The van der Waals surface area contributed by atoms with Gasteiger partial charge in [0, 0.05) is 37.1 Å². The van der Waals surface area contributed by atoms with Gasteiger partial charge >= 0.3 is 0 Å². The second-order valence-electron chi connectivity index (χ2n) is 6.78. The molecular weight excluding hydrogens is 310 g/mol. The molecule has 128 valence electrons. The Bertz CT molecular complexity index is 879. The highest BCUT2D eigenvalue weighted by Gasteiger charge is 2.26. The number of rotatable bonds is 4. The summed E-state index contributed by atoms with van der Waals surface area (Å²) in [5.74, 6) is 0. The van der Waals surface area contributed by atoms with Crippen LogP contribution in [0.5, 0.6) is 0 Å². The predicted molar refractivity (Wildman–Crippen MR) is 101 cm³/mol. The minimum absolute atomic E-state index is 0.264. The first-order valence-corrected chi connectivity index (χ1v) is 8.83. The first-order valence-electron chi connectivity index (χ1n) is 8.83. The standard InChI is InChI=1S/C21H23N3O/c1-15-4-3-5-19-20(15)23-12-16(2)21(19)24-11-8-18(13-24)25-14-17-6-9-22-10-7-17/h3-7,9-10,12,18H,8,11,13-14H2,1-2H3. The molecule has 25 heavy (non-hydrogen) atoms. The molecule has 4 nitrogen and oxygen atoms in total. The van der Waals surface area contributed by atoms with Gasteiger partial charge in [-0.2, -0.15) is 0 Å². The van der Waals surface area contributed by atoms with Crippen LogP contribution in [-0.2, 0) is 11.3 Å². The minimum Gasteiger partial charge on any atom is -0.372 e. The molecule has 1 aliphatic rings. The maximum Gasteiger partial charge on any atom is 0.0771 e. The number of ether oxygens (including phenoxy) is 1. The number of aromatic nitrogens is 2. The van der Waals surface area contributed by atoms with Gasteiger partial charge in [-0.15, -0.1) is 0 Å². The third-order valence-corrected chi connectivity index (χ3v) is 4.95. The molecule has 1 fully saturated rings. The molecule has 4 rings (SSSR count). The van der Waals surface area contributed by atoms with E-state index >= 15 is 0 Å². The van der Waals surface area contributed by atoms with Gasteiger partial charge in [0.2, 0.25) is 0 Å². The van der Waals surface area contributed by atoms with Gasteiger partial charge in [-0.3, -0.25) is 9.97 Å². The topological polar surface area (TPSA) is 38.2 Å². The molecule has 0 bridgehead atoms. The summed E-state index contributed by atoms with van der Waals surface area (Å²) in [6, 6.07) is 10.4. The average Bonchev–Trinajstić information content (AvgIpc) is 3.09. The van der Waals surface area contributed by atoms with Crippen LogP contribution in [0.3, 0.4) is 0 Å². The van der Waals surface area contributed by atoms with E-state index in [0.29, 0.717) is 6.61 Å². The molecule has 0 aliphatic carbocycles. The van der Waals surface area contributed by atoms with E-state index in [9.17, 15) is 0 Å². The summed E-state index contributed by atoms with van der Waals surface area (Å²) in [7, 11) is 0. The molecule has 1 aliphatic heterocycles. The van der Waals surface area contributed by atoms with Gasteiger partial charge in [0.05, 0.1) is 23.9 Å². The first-order chi connectivity index (χ1) is 12.2. The lowest BCUT2D eigenvalue weighted by molar-refractivity contribution is 0.0553. The fraction of sp³-hybridized carbons (Fsp3) is 0.333. The summed E-state index contributed by atoms with van der Waals surface area (Å²) in [5.41, 5.74) is 6.04. The smallest absolute Gasteiger partial charge is 0.0771 e. The Morgan fingerprint density at radius 1 is 1.12 bits per heavy atom. The Labute approximate surface area is 148 Å². The highest BCUT2D eigenvalue weighted by atomic mass is 16.5. The van der Waals surface area contributed by atoms with E-state index < -0.39 is 0 Å². The summed E-state index contributed by atoms with van der Waals surface area (Å²) in [6.07, 6.45) is 6.94. The van der Waals surface area contributed by atoms with Crippen LogP contribution in [-0.4, -0.2) is 29.2 Å². The van der Waals surface area contributed by atoms with Crippen molar-refractivity contribution in [2.75, 3.05) is 18.0 Å². The average molecular weight is 333 g/mol. The Morgan fingerprint density at radius 2 is 1.96 bits per heavy atom. The second kappa shape index (κ2) is 6.81. The van der Waals surface area contributed by atoms with Crippen molar-refractivity contribution in [2.24, 2.45) is 0 Å². The van der Waals surface area contributed by atoms with Crippen molar-refractivity contribution >= 4 is 16.6 Å². The number of fused-ring (bicyclic) bond motifs is 1. The van der Waals surface area contributed by atoms with Crippen LogP contribution in [0.2, 0.25) is 0 Å². The van der Waals surface area contributed by atoms with E-state index in [1.165, 1.54) is 27.8 Å². The number of para-hydroxylation sites is 1. The number of hydrogen-bond acceptors (Lipinski definition) is 4. The number of pyridine rings is 2. The van der Waals surface area contributed by atoms with Gasteiger partial charge in [0.15, 0.2) is 0 Å². The second-order valence-corrected chi connectivity index (χ2v) is 6.78. The zero-order valence-electron chi connectivity index (χ0n) is 14.8. The predicted octanol–water partition coefficient (Wildman–Crippen LogP) is 4.04. The summed E-state index contributed by atoms with van der Waals surface area (Å²) >= 11 is 0. The van der Waals surface area contributed by atoms with E-state index in [1.54, 1.807) is 0 Å². The van der Waals surface area contributed by atoms with Gasteiger partial charge in [-0.25, -0.2) is 0 Å². The highest BCUT2D eigenvalue weighted by molar-refractivity contribution is 5.95. The molecule has 1 saturated heterocycles. The van der Waals surface area contributed by atoms with Crippen molar-refractivity contribution in [1.29, 1.82) is 0 Å². The van der Waals surface area contributed by atoms with Gasteiger partial charge in [0.25, 0.3) is 0 Å². The third kappa shape index (κ3) is 3.22. The number of anilines is 1. The van der Waals surface area contributed by atoms with Gasteiger partial charge < -0.3 is 9.64 Å². The monoisotopic (exact) mass is 333 g/mol. The molecule has 0 radical (unpaired) electrons.